The van der Waals surface area contributed by atoms with Gasteiger partial charge in [0.15, 0.2) is 0 Å². The largest absolute Gasteiger partial charge is 0.385 e. The van der Waals surface area contributed by atoms with E-state index in [4.69, 9.17) is 4.74 Å². The van der Waals surface area contributed by atoms with Crippen molar-refractivity contribution in [2.45, 2.75) is 37.1 Å². The first kappa shape index (κ1) is 17.9. The van der Waals surface area contributed by atoms with E-state index in [0.29, 0.717) is 39.0 Å². The summed E-state index contributed by atoms with van der Waals surface area (Å²) in [5.74, 6) is -0.228. The maximum Gasteiger partial charge on any atom is 0.243 e. The zero-order valence-corrected chi connectivity index (χ0v) is 14.4. The lowest BCUT2D eigenvalue weighted by molar-refractivity contribution is -0.124. The Bertz CT molecular complexity index is 628. The van der Waals surface area contributed by atoms with Gasteiger partial charge >= 0.3 is 0 Å². The fraction of sp³-hybridized carbons (Fsp3) is 0.562. The number of rotatable bonds is 7. The van der Waals surface area contributed by atoms with E-state index in [0.717, 1.165) is 5.56 Å². The summed E-state index contributed by atoms with van der Waals surface area (Å²) < 4.78 is 31.8. The Balaban J connectivity index is 2.08. The number of nitrogens with zero attached hydrogens (tertiary/aromatic N) is 1. The molecule has 1 fully saturated rings. The molecule has 0 radical (unpaired) electrons. The van der Waals surface area contributed by atoms with Gasteiger partial charge in [0.25, 0.3) is 0 Å². The number of benzene rings is 1. The fourth-order valence-electron chi connectivity index (χ4n) is 2.68. The van der Waals surface area contributed by atoms with Gasteiger partial charge in [-0.1, -0.05) is 17.7 Å². The summed E-state index contributed by atoms with van der Waals surface area (Å²) in [5.41, 5.74) is 0.998. The van der Waals surface area contributed by atoms with Crippen LogP contribution in [-0.4, -0.2) is 51.5 Å². The van der Waals surface area contributed by atoms with Gasteiger partial charge in [-0.05, 0) is 38.3 Å². The second-order valence-corrected chi connectivity index (χ2v) is 7.61. The highest BCUT2D eigenvalue weighted by molar-refractivity contribution is 7.89. The summed E-state index contributed by atoms with van der Waals surface area (Å²) >= 11 is 0. The van der Waals surface area contributed by atoms with Gasteiger partial charge in [0, 0.05) is 26.8 Å². The summed E-state index contributed by atoms with van der Waals surface area (Å²) in [6.45, 7) is 3.34. The van der Waals surface area contributed by atoms with Crippen LogP contribution in [0, 0.1) is 6.92 Å². The Morgan fingerprint density at radius 1 is 1.35 bits per heavy atom. The number of sulfonamides is 1. The van der Waals surface area contributed by atoms with Gasteiger partial charge in [-0.3, -0.25) is 4.79 Å². The van der Waals surface area contributed by atoms with Crippen molar-refractivity contribution in [3.8, 4) is 0 Å². The highest BCUT2D eigenvalue weighted by atomic mass is 32.2. The molecular weight excluding hydrogens is 316 g/mol. The molecule has 1 aromatic rings. The topological polar surface area (TPSA) is 75.7 Å². The summed E-state index contributed by atoms with van der Waals surface area (Å²) in [4.78, 5) is 12.5. The number of hydrogen-bond acceptors (Lipinski definition) is 4. The lowest BCUT2D eigenvalue weighted by Gasteiger charge is -2.23. The fourth-order valence-corrected chi connectivity index (χ4v) is 4.34. The number of nitrogens with one attached hydrogen (secondary N) is 1. The summed E-state index contributed by atoms with van der Waals surface area (Å²) in [6, 6.07) is 6.10. The number of hydrogen-bond donors (Lipinski definition) is 1. The summed E-state index contributed by atoms with van der Waals surface area (Å²) in [5, 5.41) is 2.80. The zero-order chi connectivity index (χ0) is 16.9. The van der Waals surface area contributed by atoms with E-state index in [1.54, 1.807) is 31.4 Å². The Morgan fingerprint density at radius 3 is 2.70 bits per heavy atom. The number of carbonyl (C=O) groups excluding carboxylic acids is 1. The maximum atomic E-state index is 12.8. The molecular formula is C16H24N2O4S. The maximum absolute atomic E-state index is 12.8. The minimum absolute atomic E-state index is 0.228. The van der Waals surface area contributed by atoms with Crippen LogP contribution in [0.1, 0.15) is 24.8 Å². The predicted molar refractivity (Wildman–Crippen MR) is 87.6 cm³/mol. The van der Waals surface area contributed by atoms with Gasteiger partial charge in [0.2, 0.25) is 15.9 Å². The lowest BCUT2D eigenvalue weighted by Crippen LogP contribution is -2.46. The number of ether oxygens (including phenoxy) is 1. The molecule has 1 aliphatic heterocycles. The first-order chi connectivity index (χ1) is 11.0. The van der Waals surface area contributed by atoms with Crippen molar-refractivity contribution < 1.29 is 17.9 Å². The van der Waals surface area contributed by atoms with Crippen molar-refractivity contribution in [1.82, 2.24) is 9.62 Å². The Hall–Kier alpha value is -1.44. The molecule has 1 N–H and O–H groups in total. The monoisotopic (exact) mass is 340 g/mol. The summed E-state index contributed by atoms with van der Waals surface area (Å²) in [6.07, 6.45) is 1.96. The van der Waals surface area contributed by atoms with Crippen molar-refractivity contribution >= 4 is 15.9 Å². The first-order valence-corrected chi connectivity index (χ1v) is 9.26. The molecule has 7 heteroatoms. The smallest absolute Gasteiger partial charge is 0.243 e. The predicted octanol–water partition coefficient (Wildman–Crippen LogP) is 1.30. The van der Waals surface area contributed by atoms with E-state index in [2.05, 4.69) is 5.32 Å². The second-order valence-electron chi connectivity index (χ2n) is 5.72. The third kappa shape index (κ3) is 4.31. The van der Waals surface area contributed by atoms with Crippen LogP contribution < -0.4 is 5.32 Å². The molecule has 6 nitrogen and oxygen atoms in total. The first-order valence-electron chi connectivity index (χ1n) is 7.82. The Labute approximate surface area is 137 Å². The molecule has 1 atom stereocenters. The van der Waals surface area contributed by atoms with Crippen LogP contribution in [0.4, 0.5) is 0 Å². The van der Waals surface area contributed by atoms with Crippen LogP contribution in [0.2, 0.25) is 0 Å². The number of methoxy groups -OCH3 is 1. The highest BCUT2D eigenvalue weighted by Crippen LogP contribution is 2.26. The molecule has 128 valence electrons. The molecule has 0 aliphatic carbocycles. The quantitative estimate of drug-likeness (QED) is 0.759. The molecule has 1 heterocycles. The van der Waals surface area contributed by atoms with Crippen LogP contribution in [0.3, 0.4) is 0 Å². The molecule has 1 aromatic carbocycles. The Kier molecular flexibility index (Phi) is 6.15. The minimum Gasteiger partial charge on any atom is -0.385 e. The zero-order valence-electron chi connectivity index (χ0n) is 13.6. The standard InChI is InChI=1S/C16H24N2O4S/c1-13-6-8-14(9-7-13)23(20,21)18-11-3-5-15(18)16(19)17-10-4-12-22-2/h6-9,15H,3-5,10-12H2,1-2H3,(H,17,19)/t15-/m0/s1. The summed E-state index contributed by atoms with van der Waals surface area (Å²) in [7, 11) is -2.03. The molecule has 0 saturated carbocycles. The van der Waals surface area contributed by atoms with Crippen LogP contribution in [0.15, 0.2) is 29.2 Å². The number of amides is 1. The van der Waals surface area contributed by atoms with E-state index in [1.165, 1.54) is 4.31 Å². The van der Waals surface area contributed by atoms with Crippen molar-refractivity contribution in [2.75, 3.05) is 26.8 Å². The lowest BCUT2D eigenvalue weighted by atomic mass is 10.2. The van der Waals surface area contributed by atoms with Crippen LogP contribution in [0.25, 0.3) is 0 Å². The average Bonchev–Trinajstić information content (AvgIpc) is 3.02. The Morgan fingerprint density at radius 2 is 2.04 bits per heavy atom. The molecule has 0 aromatic heterocycles. The second kappa shape index (κ2) is 7.90. The molecule has 23 heavy (non-hydrogen) atoms. The highest BCUT2D eigenvalue weighted by Gasteiger charge is 2.39. The van der Waals surface area contributed by atoms with Gasteiger partial charge in [-0.2, -0.15) is 4.31 Å². The SMILES string of the molecule is COCCCNC(=O)[C@@H]1CCCN1S(=O)(=O)c1ccc(C)cc1. The molecule has 0 bridgehead atoms. The van der Waals surface area contributed by atoms with E-state index >= 15 is 0 Å². The van der Waals surface area contributed by atoms with Crippen LogP contribution >= 0.6 is 0 Å². The molecule has 1 amide bonds. The third-order valence-corrected chi connectivity index (χ3v) is 5.88. The van der Waals surface area contributed by atoms with Crippen molar-refractivity contribution in [1.29, 1.82) is 0 Å². The van der Waals surface area contributed by atoms with E-state index in [1.807, 2.05) is 6.92 Å². The van der Waals surface area contributed by atoms with Crippen LogP contribution in [0.5, 0.6) is 0 Å². The molecule has 1 aliphatic rings. The van der Waals surface area contributed by atoms with Gasteiger partial charge in [0.05, 0.1) is 4.90 Å². The van der Waals surface area contributed by atoms with Crippen molar-refractivity contribution in [3.63, 3.8) is 0 Å². The molecule has 1 saturated heterocycles. The van der Waals surface area contributed by atoms with Crippen LogP contribution in [-0.2, 0) is 19.6 Å². The number of carbonyl (C=O) groups is 1. The number of aryl methyl sites for hydroxylation is 1. The van der Waals surface area contributed by atoms with Crippen molar-refractivity contribution in [3.05, 3.63) is 29.8 Å². The van der Waals surface area contributed by atoms with Gasteiger partial charge < -0.3 is 10.1 Å². The van der Waals surface area contributed by atoms with Crippen molar-refractivity contribution in [2.24, 2.45) is 0 Å². The molecule has 0 spiro atoms. The third-order valence-electron chi connectivity index (χ3n) is 3.96. The van der Waals surface area contributed by atoms with E-state index in [-0.39, 0.29) is 10.8 Å². The van der Waals surface area contributed by atoms with Gasteiger partial charge in [-0.15, -0.1) is 0 Å². The molecule has 0 unspecified atom stereocenters. The van der Waals surface area contributed by atoms with E-state index < -0.39 is 16.1 Å². The minimum atomic E-state index is -3.64. The normalized spacial score (nSPS) is 19.0. The van der Waals surface area contributed by atoms with Gasteiger partial charge in [0.1, 0.15) is 6.04 Å². The van der Waals surface area contributed by atoms with Gasteiger partial charge in [-0.25, -0.2) is 8.42 Å². The molecule has 2 rings (SSSR count). The van der Waals surface area contributed by atoms with E-state index in [9.17, 15) is 13.2 Å². The average molecular weight is 340 g/mol.